The molecule has 1 atom stereocenters. The summed E-state index contributed by atoms with van der Waals surface area (Å²) in [5, 5.41) is 0. The monoisotopic (exact) mass is 294 g/mol. The van der Waals surface area contributed by atoms with E-state index in [0.29, 0.717) is 0 Å². The number of halogens is 1. The summed E-state index contributed by atoms with van der Waals surface area (Å²) < 4.78 is 3.10. The van der Waals surface area contributed by atoms with Crippen LogP contribution in [0.2, 0.25) is 0 Å². The lowest BCUT2D eigenvalue weighted by atomic mass is 10.1. The van der Waals surface area contributed by atoms with Gasteiger partial charge in [0, 0.05) is 23.4 Å². The Morgan fingerprint density at radius 1 is 1.47 bits per heavy atom. The largest absolute Gasteiger partial charge is 0.334 e. The van der Waals surface area contributed by atoms with Crippen molar-refractivity contribution in [2.75, 3.05) is 0 Å². The Labute approximate surface area is 109 Å². The first-order valence-electron chi connectivity index (χ1n) is 5.49. The summed E-state index contributed by atoms with van der Waals surface area (Å²) in [7, 11) is 0. The third kappa shape index (κ3) is 2.41. The van der Waals surface area contributed by atoms with Gasteiger partial charge in [-0.05, 0) is 18.6 Å². The number of nitrogens with zero attached hydrogens (tertiary/aromatic N) is 2. The summed E-state index contributed by atoms with van der Waals surface area (Å²) in [4.78, 5) is 4.38. The van der Waals surface area contributed by atoms with Crippen molar-refractivity contribution in [3.8, 4) is 0 Å². The fraction of sp³-hybridized carbons (Fsp3) is 0.250. The average Bonchev–Trinajstić information content (AvgIpc) is 2.81. The molecule has 5 heteroatoms. The van der Waals surface area contributed by atoms with E-state index in [4.69, 9.17) is 5.84 Å². The van der Waals surface area contributed by atoms with Gasteiger partial charge in [0.2, 0.25) is 0 Å². The second kappa shape index (κ2) is 5.44. The summed E-state index contributed by atoms with van der Waals surface area (Å²) in [5.74, 6) is 6.58. The molecule has 0 saturated carbocycles. The van der Waals surface area contributed by atoms with Crippen LogP contribution in [0.3, 0.4) is 0 Å². The molecule has 0 spiro atoms. The van der Waals surface area contributed by atoms with E-state index < -0.39 is 0 Å². The Morgan fingerprint density at radius 3 is 2.88 bits per heavy atom. The Hall–Kier alpha value is -1.17. The van der Waals surface area contributed by atoms with Gasteiger partial charge in [-0.15, -0.1) is 0 Å². The van der Waals surface area contributed by atoms with E-state index in [2.05, 4.69) is 37.8 Å². The van der Waals surface area contributed by atoms with Crippen LogP contribution >= 0.6 is 15.9 Å². The number of benzene rings is 1. The van der Waals surface area contributed by atoms with Gasteiger partial charge in [-0.25, -0.2) is 10.4 Å². The molecule has 1 unspecified atom stereocenters. The number of nitrogens with one attached hydrogen (secondary N) is 1. The number of aromatic nitrogens is 2. The molecule has 3 N–H and O–H groups in total. The van der Waals surface area contributed by atoms with Crippen molar-refractivity contribution in [3.63, 3.8) is 0 Å². The molecule has 0 bridgehead atoms. The van der Waals surface area contributed by atoms with Gasteiger partial charge in [-0.1, -0.05) is 34.1 Å². The molecule has 17 heavy (non-hydrogen) atoms. The average molecular weight is 295 g/mol. The molecular weight excluding hydrogens is 280 g/mol. The minimum absolute atomic E-state index is 0.111. The molecule has 2 rings (SSSR count). The number of hydrogen-bond donors (Lipinski definition) is 2. The van der Waals surface area contributed by atoms with Gasteiger partial charge in [-0.3, -0.25) is 5.84 Å². The summed E-state index contributed by atoms with van der Waals surface area (Å²) >= 11 is 3.54. The first kappa shape index (κ1) is 12.3. The minimum atomic E-state index is -0.111. The second-order valence-corrected chi connectivity index (χ2v) is 4.55. The molecule has 2 aromatic rings. The smallest absolute Gasteiger partial charge is 0.131 e. The molecule has 0 aliphatic rings. The molecule has 4 nitrogen and oxygen atoms in total. The lowest BCUT2D eigenvalue weighted by molar-refractivity contribution is 0.559. The van der Waals surface area contributed by atoms with Gasteiger partial charge in [-0.2, -0.15) is 0 Å². The maximum absolute atomic E-state index is 5.66. The first-order chi connectivity index (χ1) is 8.27. The van der Waals surface area contributed by atoms with Crippen molar-refractivity contribution in [1.29, 1.82) is 0 Å². The Bertz CT molecular complexity index is 495. The summed E-state index contributed by atoms with van der Waals surface area (Å²) in [6.45, 7) is 2.96. The SMILES string of the molecule is CCn1ccnc1C(NN)c1ccccc1Br. The Morgan fingerprint density at radius 2 is 2.24 bits per heavy atom. The highest BCUT2D eigenvalue weighted by Crippen LogP contribution is 2.26. The van der Waals surface area contributed by atoms with Crippen molar-refractivity contribution in [2.24, 2.45) is 5.84 Å². The summed E-state index contributed by atoms with van der Waals surface area (Å²) in [5.41, 5.74) is 3.90. The number of nitrogens with two attached hydrogens (primary N) is 1. The quantitative estimate of drug-likeness (QED) is 0.671. The molecule has 0 radical (unpaired) electrons. The summed E-state index contributed by atoms with van der Waals surface area (Å²) in [6, 6.07) is 7.89. The second-order valence-electron chi connectivity index (χ2n) is 3.69. The van der Waals surface area contributed by atoms with Crippen LogP contribution in [0.5, 0.6) is 0 Å². The lowest BCUT2D eigenvalue weighted by Crippen LogP contribution is -2.31. The van der Waals surface area contributed by atoms with Crippen molar-refractivity contribution in [1.82, 2.24) is 15.0 Å². The van der Waals surface area contributed by atoms with Gasteiger partial charge in [0.05, 0.1) is 0 Å². The highest BCUT2D eigenvalue weighted by atomic mass is 79.9. The highest BCUT2D eigenvalue weighted by Gasteiger charge is 2.19. The van der Waals surface area contributed by atoms with Gasteiger partial charge >= 0.3 is 0 Å². The molecule has 1 aromatic carbocycles. The molecule has 0 aliphatic heterocycles. The van der Waals surface area contributed by atoms with E-state index in [1.54, 1.807) is 6.20 Å². The van der Waals surface area contributed by atoms with Gasteiger partial charge < -0.3 is 4.57 Å². The Kier molecular flexibility index (Phi) is 3.93. The zero-order valence-electron chi connectivity index (χ0n) is 9.60. The van der Waals surface area contributed by atoms with Crippen molar-refractivity contribution >= 4 is 15.9 Å². The van der Waals surface area contributed by atoms with Crippen molar-refractivity contribution in [2.45, 2.75) is 19.5 Å². The zero-order chi connectivity index (χ0) is 12.3. The maximum atomic E-state index is 5.66. The van der Waals surface area contributed by atoms with E-state index in [0.717, 1.165) is 22.4 Å². The normalized spacial score (nSPS) is 12.6. The number of hydrogen-bond acceptors (Lipinski definition) is 3. The van der Waals surface area contributed by atoms with E-state index in [9.17, 15) is 0 Å². The topological polar surface area (TPSA) is 55.9 Å². The molecule has 1 aromatic heterocycles. The third-order valence-corrected chi connectivity index (χ3v) is 3.45. The van der Waals surface area contributed by atoms with Gasteiger partial charge in [0.25, 0.3) is 0 Å². The van der Waals surface area contributed by atoms with Gasteiger partial charge in [0.1, 0.15) is 11.9 Å². The van der Waals surface area contributed by atoms with E-state index in [1.165, 1.54) is 0 Å². The van der Waals surface area contributed by atoms with Crippen LogP contribution in [-0.4, -0.2) is 9.55 Å². The highest BCUT2D eigenvalue weighted by molar-refractivity contribution is 9.10. The fourth-order valence-electron chi connectivity index (χ4n) is 1.86. The number of rotatable bonds is 4. The van der Waals surface area contributed by atoms with Crippen LogP contribution in [0, 0.1) is 0 Å². The van der Waals surface area contributed by atoms with Crippen LogP contribution in [-0.2, 0) is 6.54 Å². The van der Waals surface area contributed by atoms with Crippen LogP contribution in [0.25, 0.3) is 0 Å². The molecule has 90 valence electrons. The summed E-state index contributed by atoms with van der Waals surface area (Å²) in [6.07, 6.45) is 3.75. The lowest BCUT2D eigenvalue weighted by Gasteiger charge is -2.18. The Balaban J connectivity index is 2.44. The standard InChI is InChI=1S/C12H15BrN4/c1-2-17-8-7-15-12(17)11(16-14)9-5-3-4-6-10(9)13/h3-8,11,16H,2,14H2,1H3. The van der Waals surface area contributed by atoms with Crippen LogP contribution in [0.15, 0.2) is 41.1 Å². The predicted octanol–water partition coefficient (Wildman–Crippen LogP) is 2.22. The van der Waals surface area contributed by atoms with Crippen LogP contribution in [0.1, 0.15) is 24.4 Å². The number of hydrazine groups is 1. The molecule has 0 fully saturated rings. The maximum Gasteiger partial charge on any atom is 0.131 e. The molecule has 1 heterocycles. The van der Waals surface area contributed by atoms with E-state index >= 15 is 0 Å². The number of aryl methyl sites for hydroxylation is 1. The fourth-order valence-corrected chi connectivity index (χ4v) is 2.37. The third-order valence-electron chi connectivity index (χ3n) is 2.73. The minimum Gasteiger partial charge on any atom is -0.334 e. The zero-order valence-corrected chi connectivity index (χ0v) is 11.2. The first-order valence-corrected chi connectivity index (χ1v) is 6.28. The molecule has 0 amide bonds. The van der Waals surface area contributed by atoms with E-state index in [-0.39, 0.29) is 6.04 Å². The molecule has 0 saturated heterocycles. The van der Waals surface area contributed by atoms with Crippen LogP contribution < -0.4 is 11.3 Å². The predicted molar refractivity (Wildman–Crippen MR) is 71.2 cm³/mol. The van der Waals surface area contributed by atoms with Crippen molar-refractivity contribution < 1.29 is 0 Å². The van der Waals surface area contributed by atoms with Crippen molar-refractivity contribution in [3.05, 3.63) is 52.5 Å². The molecule has 0 aliphatic carbocycles. The van der Waals surface area contributed by atoms with Gasteiger partial charge in [0.15, 0.2) is 0 Å². The molecular formula is C12H15BrN4. The number of imidazole rings is 1. The van der Waals surface area contributed by atoms with Crippen LogP contribution in [0.4, 0.5) is 0 Å². The van der Waals surface area contributed by atoms with E-state index in [1.807, 2.05) is 30.5 Å².